The number of hydrogen-bond donors (Lipinski definition) is 1. The number of piperidine rings is 1. The molecule has 1 amide bonds. The highest BCUT2D eigenvalue weighted by Gasteiger charge is 2.33. The van der Waals surface area contributed by atoms with Crippen molar-refractivity contribution in [2.24, 2.45) is 5.92 Å². The summed E-state index contributed by atoms with van der Waals surface area (Å²) >= 11 is 0. The number of aliphatic carboxylic acids is 1. The molecular weight excluding hydrogens is 289 g/mol. The normalized spacial score (nSPS) is 21.5. The van der Waals surface area contributed by atoms with Crippen LogP contribution in [0.25, 0.3) is 0 Å². The maximum Gasteiger partial charge on any atom is 0.410 e. The summed E-state index contributed by atoms with van der Waals surface area (Å²) in [6, 6.07) is 7.61. The molecular formula is C16H20FNO4. The summed E-state index contributed by atoms with van der Waals surface area (Å²) in [6.45, 7) is 2.33. The van der Waals surface area contributed by atoms with Crippen LogP contribution in [0.4, 0.5) is 9.18 Å². The van der Waals surface area contributed by atoms with E-state index in [-0.39, 0.29) is 19.6 Å². The Morgan fingerprint density at radius 1 is 1.36 bits per heavy atom. The first-order valence-electron chi connectivity index (χ1n) is 7.29. The monoisotopic (exact) mass is 309 g/mol. The van der Waals surface area contributed by atoms with Crippen molar-refractivity contribution >= 4 is 12.1 Å². The summed E-state index contributed by atoms with van der Waals surface area (Å²) in [6.07, 6.45) is -1.74. The van der Waals surface area contributed by atoms with Crippen molar-refractivity contribution in [3.05, 3.63) is 35.4 Å². The van der Waals surface area contributed by atoms with E-state index >= 15 is 0 Å². The van der Waals surface area contributed by atoms with Crippen LogP contribution >= 0.6 is 0 Å². The number of aryl methyl sites for hydroxylation is 1. The van der Waals surface area contributed by atoms with Gasteiger partial charge >= 0.3 is 12.1 Å². The molecule has 2 atom stereocenters. The van der Waals surface area contributed by atoms with Crippen molar-refractivity contribution in [3.8, 4) is 0 Å². The summed E-state index contributed by atoms with van der Waals surface area (Å²) in [5.41, 5.74) is 1.99. The van der Waals surface area contributed by atoms with Crippen LogP contribution in [0.2, 0.25) is 0 Å². The van der Waals surface area contributed by atoms with Gasteiger partial charge in [0.25, 0.3) is 0 Å². The van der Waals surface area contributed by atoms with Crippen molar-refractivity contribution in [1.29, 1.82) is 0 Å². The van der Waals surface area contributed by atoms with E-state index in [1.54, 1.807) is 0 Å². The Morgan fingerprint density at radius 2 is 2.05 bits per heavy atom. The minimum atomic E-state index is -1.32. The average Bonchev–Trinajstić information content (AvgIpc) is 2.48. The second-order valence-corrected chi connectivity index (χ2v) is 5.65. The van der Waals surface area contributed by atoms with Gasteiger partial charge in [0.15, 0.2) is 0 Å². The summed E-state index contributed by atoms with van der Waals surface area (Å²) in [4.78, 5) is 23.9. The second kappa shape index (κ2) is 7.24. The molecule has 1 fully saturated rings. The molecule has 0 bridgehead atoms. The lowest BCUT2D eigenvalue weighted by atomic mass is 9.92. The first-order valence-corrected chi connectivity index (χ1v) is 7.29. The number of nitrogens with zero attached hydrogens (tertiary/aromatic N) is 1. The van der Waals surface area contributed by atoms with Crippen molar-refractivity contribution in [2.45, 2.75) is 32.5 Å². The third-order valence-electron chi connectivity index (χ3n) is 3.85. The number of alkyl halides is 1. The highest BCUT2D eigenvalue weighted by atomic mass is 19.1. The van der Waals surface area contributed by atoms with Crippen LogP contribution < -0.4 is 0 Å². The quantitative estimate of drug-likeness (QED) is 0.928. The molecule has 1 aliphatic heterocycles. The fourth-order valence-corrected chi connectivity index (χ4v) is 2.49. The Labute approximate surface area is 128 Å². The lowest BCUT2D eigenvalue weighted by molar-refractivity contribution is -0.139. The van der Waals surface area contributed by atoms with Crippen LogP contribution in [0.3, 0.4) is 0 Å². The molecule has 6 heteroatoms. The third-order valence-corrected chi connectivity index (χ3v) is 3.85. The standard InChI is InChI=1S/C16H20FNO4/c1-11-2-4-12(5-3-11)10-22-16(21)18-7-6-13(8-15(19)20)14(17)9-18/h2-5,13-14H,6-10H2,1H3,(H,19,20). The topological polar surface area (TPSA) is 66.8 Å². The van der Waals surface area contributed by atoms with E-state index in [9.17, 15) is 14.0 Å². The third kappa shape index (κ3) is 4.44. The van der Waals surface area contributed by atoms with Gasteiger partial charge in [0.1, 0.15) is 12.8 Å². The van der Waals surface area contributed by atoms with Gasteiger partial charge in [-0.15, -0.1) is 0 Å². The molecule has 2 rings (SSSR count). The molecule has 1 saturated heterocycles. The summed E-state index contributed by atoms with van der Waals surface area (Å²) in [5.74, 6) is -1.54. The van der Waals surface area contributed by atoms with Gasteiger partial charge in [-0.2, -0.15) is 0 Å². The maximum atomic E-state index is 13.9. The molecule has 1 N–H and O–H groups in total. The fourth-order valence-electron chi connectivity index (χ4n) is 2.49. The lowest BCUT2D eigenvalue weighted by Gasteiger charge is -2.33. The molecule has 1 heterocycles. The first-order chi connectivity index (χ1) is 10.5. The second-order valence-electron chi connectivity index (χ2n) is 5.65. The van der Waals surface area contributed by atoms with Crippen molar-refractivity contribution < 1.29 is 23.8 Å². The average molecular weight is 309 g/mol. The van der Waals surface area contributed by atoms with Gasteiger partial charge in [0.05, 0.1) is 13.0 Å². The van der Waals surface area contributed by atoms with Gasteiger partial charge in [-0.25, -0.2) is 9.18 Å². The number of rotatable bonds is 4. The van der Waals surface area contributed by atoms with E-state index in [0.717, 1.165) is 11.1 Å². The number of ether oxygens (including phenoxy) is 1. The van der Waals surface area contributed by atoms with Crippen LogP contribution in [-0.2, 0) is 16.1 Å². The van der Waals surface area contributed by atoms with Gasteiger partial charge in [-0.3, -0.25) is 4.79 Å². The molecule has 0 saturated carbocycles. The van der Waals surface area contributed by atoms with Gasteiger partial charge < -0.3 is 14.7 Å². The maximum absolute atomic E-state index is 13.9. The van der Waals surface area contributed by atoms with Crippen LogP contribution in [0.15, 0.2) is 24.3 Å². The summed E-state index contributed by atoms with van der Waals surface area (Å²) in [5, 5.41) is 8.72. The zero-order valence-electron chi connectivity index (χ0n) is 12.5. The Balaban J connectivity index is 1.81. The van der Waals surface area contributed by atoms with Crippen molar-refractivity contribution in [1.82, 2.24) is 4.90 Å². The molecule has 22 heavy (non-hydrogen) atoms. The highest BCUT2D eigenvalue weighted by Crippen LogP contribution is 2.24. The van der Waals surface area contributed by atoms with E-state index < -0.39 is 24.2 Å². The predicted octanol–water partition coefficient (Wildman–Crippen LogP) is 2.77. The minimum Gasteiger partial charge on any atom is -0.481 e. The number of carboxylic acids is 1. The molecule has 2 unspecified atom stereocenters. The number of carbonyl (C=O) groups excluding carboxylic acids is 1. The number of carbonyl (C=O) groups is 2. The van der Waals surface area contributed by atoms with Gasteiger partial charge in [0.2, 0.25) is 0 Å². The van der Waals surface area contributed by atoms with Crippen LogP contribution in [-0.4, -0.2) is 41.3 Å². The van der Waals surface area contributed by atoms with Crippen molar-refractivity contribution in [3.63, 3.8) is 0 Å². The van der Waals surface area contributed by atoms with E-state index in [1.165, 1.54) is 4.90 Å². The number of amides is 1. The molecule has 0 radical (unpaired) electrons. The zero-order chi connectivity index (χ0) is 16.1. The predicted molar refractivity (Wildman–Crippen MR) is 78.2 cm³/mol. The Bertz CT molecular complexity index is 531. The highest BCUT2D eigenvalue weighted by molar-refractivity contribution is 5.68. The number of likely N-dealkylation sites (tertiary alicyclic amines) is 1. The SMILES string of the molecule is Cc1ccc(COC(=O)N2CCC(CC(=O)O)C(F)C2)cc1. The van der Waals surface area contributed by atoms with E-state index in [2.05, 4.69) is 0 Å². The first kappa shape index (κ1) is 16.3. The number of hydrogen-bond acceptors (Lipinski definition) is 3. The lowest BCUT2D eigenvalue weighted by Crippen LogP contribution is -2.45. The smallest absolute Gasteiger partial charge is 0.410 e. The molecule has 0 spiro atoms. The van der Waals surface area contributed by atoms with E-state index in [0.29, 0.717) is 13.0 Å². The summed E-state index contributed by atoms with van der Waals surface area (Å²) < 4.78 is 19.1. The van der Waals surface area contributed by atoms with Gasteiger partial charge in [0, 0.05) is 12.5 Å². The number of carboxylic acid groups (broad SMARTS) is 1. The molecule has 1 aromatic carbocycles. The molecule has 0 aromatic heterocycles. The fraction of sp³-hybridized carbons (Fsp3) is 0.500. The van der Waals surface area contributed by atoms with Gasteiger partial charge in [-0.1, -0.05) is 29.8 Å². The molecule has 1 aliphatic rings. The van der Waals surface area contributed by atoms with Crippen molar-refractivity contribution in [2.75, 3.05) is 13.1 Å². The number of halogens is 1. The molecule has 5 nitrogen and oxygen atoms in total. The van der Waals surface area contributed by atoms with Crippen LogP contribution in [0.5, 0.6) is 0 Å². The molecule has 1 aromatic rings. The Kier molecular flexibility index (Phi) is 5.35. The largest absolute Gasteiger partial charge is 0.481 e. The zero-order valence-corrected chi connectivity index (χ0v) is 12.5. The van der Waals surface area contributed by atoms with E-state index in [1.807, 2.05) is 31.2 Å². The Hall–Kier alpha value is -2.11. The molecule has 120 valence electrons. The number of benzene rings is 1. The molecule has 0 aliphatic carbocycles. The summed E-state index contributed by atoms with van der Waals surface area (Å²) in [7, 11) is 0. The van der Waals surface area contributed by atoms with Crippen LogP contribution in [0.1, 0.15) is 24.0 Å². The minimum absolute atomic E-state index is 0.106. The Morgan fingerprint density at radius 3 is 2.64 bits per heavy atom. The van der Waals surface area contributed by atoms with Crippen LogP contribution in [0, 0.1) is 12.8 Å². The van der Waals surface area contributed by atoms with Gasteiger partial charge in [-0.05, 0) is 18.9 Å². The van der Waals surface area contributed by atoms with E-state index in [4.69, 9.17) is 9.84 Å².